The number of unbranched alkanes of at least 4 members (excludes halogenated alkanes) is 2. The minimum absolute atomic E-state index is 0. The van der Waals surface area contributed by atoms with Crippen LogP contribution in [0.1, 0.15) is 46.0 Å². The van der Waals surface area contributed by atoms with Gasteiger partial charge in [-0.2, -0.15) is 0 Å². The number of aliphatic carboxylic acids is 1. The third-order valence-corrected chi connectivity index (χ3v) is 3.37. The topological polar surface area (TPSA) is 96.2 Å². The summed E-state index contributed by atoms with van der Waals surface area (Å²) in [4.78, 5) is 16.7. The predicted octanol–water partition coefficient (Wildman–Crippen LogP) is -1.96. The SMILES string of the molecule is CCCC/C=C/CC([O-])=NCCN(CCCO)C(C)C(=O)O.[Na+]. The first-order valence-electron chi connectivity index (χ1n) is 7.96. The van der Waals surface area contributed by atoms with Crippen LogP contribution in [0.5, 0.6) is 0 Å². The number of aliphatic hydroxyl groups excluding tert-OH is 1. The third-order valence-electron chi connectivity index (χ3n) is 3.37. The molecular weight excluding hydrogens is 307 g/mol. The van der Waals surface area contributed by atoms with Crippen LogP contribution in [-0.4, -0.2) is 59.3 Å². The van der Waals surface area contributed by atoms with Gasteiger partial charge in [0.15, 0.2) is 0 Å². The zero-order valence-corrected chi connectivity index (χ0v) is 16.7. The Labute approximate surface area is 161 Å². The average molecular weight is 336 g/mol. The van der Waals surface area contributed by atoms with Gasteiger partial charge in [0, 0.05) is 19.7 Å². The molecule has 0 radical (unpaired) electrons. The van der Waals surface area contributed by atoms with Crippen molar-refractivity contribution in [3.63, 3.8) is 0 Å². The molecule has 0 rings (SSSR count). The van der Waals surface area contributed by atoms with E-state index < -0.39 is 12.0 Å². The molecule has 0 aromatic rings. The zero-order valence-electron chi connectivity index (χ0n) is 14.7. The van der Waals surface area contributed by atoms with E-state index in [9.17, 15) is 9.90 Å². The van der Waals surface area contributed by atoms with Crippen LogP contribution in [0.25, 0.3) is 0 Å². The fourth-order valence-corrected chi connectivity index (χ4v) is 1.92. The maximum absolute atomic E-state index is 11.6. The van der Waals surface area contributed by atoms with Crippen molar-refractivity contribution in [2.45, 2.75) is 52.0 Å². The molecule has 0 aliphatic heterocycles. The van der Waals surface area contributed by atoms with Gasteiger partial charge in [-0.05, 0) is 32.1 Å². The van der Waals surface area contributed by atoms with Crippen molar-refractivity contribution in [2.75, 3.05) is 26.2 Å². The van der Waals surface area contributed by atoms with Crippen molar-refractivity contribution in [1.29, 1.82) is 0 Å². The summed E-state index contributed by atoms with van der Waals surface area (Å²) in [5.74, 6) is -1.10. The first-order chi connectivity index (χ1) is 10.5. The number of aliphatic imine (C=N–C) groups is 1. The monoisotopic (exact) mass is 336 g/mol. The van der Waals surface area contributed by atoms with Crippen LogP contribution >= 0.6 is 0 Å². The van der Waals surface area contributed by atoms with Crippen LogP contribution in [0.15, 0.2) is 17.1 Å². The largest absolute Gasteiger partial charge is 1.00 e. The number of aliphatic hydroxyl groups is 1. The molecule has 0 spiro atoms. The van der Waals surface area contributed by atoms with Crippen molar-refractivity contribution in [3.8, 4) is 0 Å². The molecule has 1 atom stereocenters. The molecule has 0 saturated heterocycles. The minimum Gasteiger partial charge on any atom is -0.862 e. The van der Waals surface area contributed by atoms with Crippen molar-refractivity contribution >= 4 is 11.9 Å². The van der Waals surface area contributed by atoms with E-state index in [4.69, 9.17) is 10.2 Å². The Morgan fingerprint density at radius 1 is 1.30 bits per heavy atom. The fourth-order valence-electron chi connectivity index (χ4n) is 1.92. The molecule has 0 heterocycles. The van der Waals surface area contributed by atoms with Gasteiger partial charge < -0.3 is 20.3 Å². The Hall–Kier alpha value is -0.400. The van der Waals surface area contributed by atoms with Gasteiger partial charge >= 0.3 is 35.5 Å². The van der Waals surface area contributed by atoms with E-state index in [0.717, 1.165) is 19.3 Å². The molecule has 0 aromatic heterocycles. The van der Waals surface area contributed by atoms with Crippen LogP contribution in [-0.2, 0) is 4.79 Å². The van der Waals surface area contributed by atoms with Crippen molar-refractivity contribution < 1.29 is 49.7 Å². The van der Waals surface area contributed by atoms with E-state index in [2.05, 4.69) is 11.9 Å². The number of hydrogen-bond donors (Lipinski definition) is 2. The average Bonchev–Trinajstić information content (AvgIpc) is 2.49. The molecule has 0 saturated carbocycles. The summed E-state index contributed by atoms with van der Waals surface area (Å²) in [6.07, 6.45) is 7.88. The Balaban J connectivity index is 0. The molecule has 128 valence electrons. The van der Waals surface area contributed by atoms with E-state index in [-0.39, 0.29) is 48.6 Å². The zero-order chi connectivity index (χ0) is 16.8. The quantitative estimate of drug-likeness (QED) is 0.134. The minimum atomic E-state index is -0.914. The van der Waals surface area contributed by atoms with Crippen molar-refractivity contribution in [3.05, 3.63) is 12.2 Å². The van der Waals surface area contributed by atoms with Crippen LogP contribution < -0.4 is 34.7 Å². The van der Waals surface area contributed by atoms with Crippen molar-refractivity contribution in [1.82, 2.24) is 4.90 Å². The maximum atomic E-state index is 11.6. The van der Waals surface area contributed by atoms with E-state index in [1.165, 1.54) is 0 Å². The van der Waals surface area contributed by atoms with Gasteiger partial charge in [0.2, 0.25) is 0 Å². The number of carbonyl (C=O) groups is 1. The predicted molar refractivity (Wildman–Crippen MR) is 86.0 cm³/mol. The summed E-state index contributed by atoms with van der Waals surface area (Å²) < 4.78 is 0. The normalized spacial score (nSPS) is 13.3. The molecule has 0 fully saturated rings. The molecule has 7 heteroatoms. The molecule has 0 aliphatic rings. The first kappa shape index (κ1) is 24.8. The maximum Gasteiger partial charge on any atom is 1.00 e. The van der Waals surface area contributed by atoms with Gasteiger partial charge in [-0.3, -0.25) is 9.69 Å². The van der Waals surface area contributed by atoms with E-state index >= 15 is 0 Å². The Kier molecular flexibility index (Phi) is 17.8. The summed E-state index contributed by atoms with van der Waals surface area (Å²) in [6, 6.07) is -0.647. The summed E-state index contributed by atoms with van der Waals surface area (Å²) in [7, 11) is 0. The number of carboxylic acids is 1. The number of allylic oxidation sites excluding steroid dienone is 1. The van der Waals surface area contributed by atoms with Crippen LogP contribution in [0.4, 0.5) is 0 Å². The molecule has 0 aromatic carbocycles. The summed E-state index contributed by atoms with van der Waals surface area (Å²) in [6.45, 7) is 4.89. The van der Waals surface area contributed by atoms with Gasteiger partial charge in [-0.1, -0.05) is 31.9 Å². The smallest absolute Gasteiger partial charge is 0.862 e. The second-order valence-electron chi connectivity index (χ2n) is 5.22. The molecule has 1 unspecified atom stereocenters. The molecule has 2 N–H and O–H groups in total. The molecule has 0 aliphatic carbocycles. The summed E-state index contributed by atoms with van der Waals surface area (Å²) >= 11 is 0. The van der Waals surface area contributed by atoms with Gasteiger partial charge in [-0.25, -0.2) is 0 Å². The molecule has 0 bridgehead atoms. The number of carboxylic acid groups (broad SMARTS) is 1. The Morgan fingerprint density at radius 3 is 2.57 bits per heavy atom. The second-order valence-corrected chi connectivity index (χ2v) is 5.22. The molecular formula is C16H29N2NaO4. The van der Waals surface area contributed by atoms with Gasteiger partial charge in [0.25, 0.3) is 0 Å². The van der Waals surface area contributed by atoms with Crippen LogP contribution in [0.3, 0.4) is 0 Å². The first-order valence-corrected chi connectivity index (χ1v) is 7.96. The Bertz CT molecular complexity index is 362. The number of rotatable bonds is 13. The molecule has 6 nitrogen and oxygen atoms in total. The summed E-state index contributed by atoms with van der Waals surface area (Å²) in [5, 5.41) is 29.5. The molecule has 23 heavy (non-hydrogen) atoms. The van der Waals surface area contributed by atoms with Gasteiger partial charge in [0.1, 0.15) is 6.04 Å². The second kappa shape index (κ2) is 16.5. The van der Waals surface area contributed by atoms with Crippen molar-refractivity contribution in [2.24, 2.45) is 4.99 Å². The van der Waals surface area contributed by atoms with Gasteiger partial charge in [-0.15, -0.1) is 0 Å². The number of hydrogen-bond acceptors (Lipinski definition) is 5. The fraction of sp³-hybridized carbons (Fsp3) is 0.750. The van der Waals surface area contributed by atoms with Gasteiger partial charge in [0.05, 0.1) is 6.54 Å². The van der Waals surface area contributed by atoms with Crippen LogP contribution in [0.2, 0.25) is 0 Å². The standard InChI is InChI=1S/C16H30N2O4.Na/c1-3-4-5-6-7-9-15(20)17-10-12-18(11-8-13-19)14(2)16(21)22;/h6-7,14,19H,3-5,8-13H2,1-2H3,(H,17,20)(H,21,22);/q;+1/p-1/b7-6+;. The third kappa shape index (κ3) is 13.7. The Morgan fingerprint density at radius 2 is 2.00 bits per heavy atom. The molecule has 0 amide bonds. The van der Waals surface area contributed by atoms with Crippen LogP contribution in [0, 0.1) is 0 Å². The van der Waals surface area contributed by atoms with E-state index in [1.807, 2.05) is 12.2 Å². The van der Waals surface area contributed by atoms with E-state index in [0.29, 0.717) is 25.9 Å². The summed E-state index contributed by atoms with van der Waals surface area (Å²) in [5.41, 5.74) is 0. The number of nitrogens with zero attached hydrogens (tertiary/aromatic N) is 2. The van der Waals surface area contributed by atoms with E-state index in [1.54, 1.807) is 11.8 Å².